The predicted molar refractivity (Wildman–Crippen MR) is 96.1 cm³/mol. The molecule has 0 aromatic carbocycles. The first-order valence-electron chi connectivity index (χ1n) is 8.92. The van der Waals surface area contributed by atoms with Gasteiger partial charge in [0.2, 0.25) is 5.89 Å². The summed E-state index contributed by atoms with van der Waals surface area (Å²) in [5, 5.41) is 4.55. The molecule has 7 nitrogen and oxygen atoms in total. The Hall–Kier alpha value is -2.58. The summed E-state index contributed by atoms with van der Waals surface area (Å²) < 4.78 is 34.7. The lowest BCUT2D eigenvalue weighted by atomic mass is 9.95. The van der Waals surface area contributed by atoms with Gasteiger partial charge in [-0.3, -0.25) is 0 Å². The van der Waals surface area contributed by atoms with Gasteiger partial charge in [-0.2, -0.15) is 4.98 Å². The lowest BCUT2D eigenvalue weighted by molar-refractivity contribution is 0.0257. The fraction of sp³-hybridized carbons (Fsp3) is 0.556. The van der Waals surface area contributed by atoms with Crippen molar-refractivity contribution < 1.29 is 13.3 Å². The van der Waals surface area contributed by atoms with Gasteiger partial charge in [0.25, 0.3) is 5.92 Å². The number of aryl methyl sites for hydroxylation is 1. The molecule has 27 heavy (non-hydrogen) atoms. The number of halogens is 2. The zero-order valence-corrected chi connectivity index (χ0v) is 15.8. The summed E-state index contributed by atoms with van der Waals surface area (Å²) in [5.74, 6) is -0.491. The van der Waals surface area contributed by atoms with Crippen LogP contribution in [0.3, 0.4) is 0 Å². The molecule has 1 aliphatic heterocycles. The number of rotatable bonds is 3. The van der Waals surface area contributed by atoms with Crippen molar-refractivity contribution in [1.29, 1.82) is 0 Å². The monoisotopic (exact) mass is 376 g/mol. The minimum atomic E-state index is -2.69. The van der Waals surface area contributed by atoms with E-state index in [1.54, 1.807) is 11.8 Å². The van der Waals surface area contributed by atoms with Crippen LogP contribution in [0, 0.1) is 6.92 Å². The molecule has 3 aromatic heterocycles. The standard InChI is InChI=1S/C18H22F2N6O/c1-11-21-13(27-24-11)9-25-7-5-12-14(25)22-16(17(2,3)4)23-15(12)26-8-6-18(19,20)10-26/h5,7H,6,8-10H2,1-4H3. The summed E-state index contributed by atoms with van der Waals surface area (Å²) in [6, 6.07) is 1.86. The number of alkyl halides is 2. The number of fused-ring (bicyclic) bond motifs is 1. The molecule has 4 rings (SSSR count). The molecule has 1 aliphatic rings. The van der Waals surface area contributed by atoms with Crippen LogP contribution in [0.4, 0.5) is 14.6 Å². The molecule has 0 radical (unpaired) electrons. The van der Waals surface area contributed by atoms with Crippen LogP contribution in [0.15, 0.2) is 16.8 Å². The van der Waals surface area contributed by atoms with Crippen LogP contribution in [0.25, 0.3) is 11.0 Å². The molecule has 9 heteroatoms. The second-order valence-corrected chi connectivity index (χ2v) is 8.06. The summed E-state index contributed by atoms with van der Waals surface area (Å²) >= 11 is 0. The van der Waals surface area contributed by atoms with Gasteiger partial charge in [-0.1, -0.05) is 25.9 Å². The highest BCUT2D eigenvalue weighted by Crippen LogP contribution is 2.35. The van der Waals surface area contributed by atoms with Crippen molar-refractivity contribution >= 4 is 16.9 Å². The predicted octanol–water partition coefficient (Wildman–Crippen LogP) is 3.31. The third-order valence-electron chi connectivity index (χ3n) is 4.61. The van der Waals surface area contributed by atoms with Crippen LogP contribution in [0.2, 0.25) is 0 Å². The molecular weight excluding hydrogens is 354 g/mol. The highest BCUT2D eigenvalue weighted by atomic mass is 19.3. The number of hydrogen-bond donors (Lipinski definition) is 0. The van der Waals surface area contributed by atoms with Crippen LogP contribution < -0.4 is 4.90 Å². The van der Waals surface area contributed by atoms with Crippen molar-refractivity contribution in [2.45, 2.75) is 52.0 Å². The number of aromatic nitrogens is 5. The van der Waals surface area contributed by atoms with Gasteiger partial charge in [0, 0.05) is 24.6 Å². The molecule has 0 amide bonds. The lowest BCUT2D eigenvalue weighted by Crippen LogP contribution is -2.27. The molecule has 1 saturated heterocycles. The number of anilines is 1. The third kappa shape index (κ3) is 3.38. The average Bonchev–Trinajstić information content (AvgIpc) is 3.26. The first-order valence-corrected chi connectivity index (χ1v) is 8.92. The van der Waals surface area contributed by atoms with E-state index in [2.05, 4.69) is 15.1 Å². The van der Waals surface area contributed by atoms with E-state index in [1.165, 1.54) is 0 Å². The molecule has 0 atom stereocenters. The topological polar surface area (TPSA) is 72.9 Å². The molecular formula is C18H22F2N6O. The molecule has 0 bridgehead atoms. The second-order valence-electron chi connectivity index (χ2n) is 8.06. The van der Waals surface area contributed by atoms with Gasteiger partial charge < -0.3 is 14.0 Å². The zero-order chi connectivity index (χ0) is 19.4. The molecule has 3 aromatic rings. The van der Waals surface area contributed by atoms with Gasteiger partial charge in [-0.05, 0) is 13.0 Å². The highest BCUT2D eigenvalue weighted by molar-refractivity contribution is 5.88. The van der Waals surface area contributed by atoms with Crippen LogP contribution in [0.1, 0.15) is 44.7 Å². The van der Waals surface area contributed by atoms with Crippen LogP contribution in [0.5, 0.6) is 0 Å². The Morgan fingerprint density at radius 2 is 2.00 bits per heavy atom. The Morgan fingerprint density at radius 1 is 1.22 bits per heavy atom. The van der Waals surface area contributed by atoms with Gasteiger partial charge in [0.1, 0.15) is 23.8 Å². The molecule has 0 N–H and O–H groups in total. The van der Waals surface area contributed by atoms with E-state index in [0.717, 1.165) is 5.39 Å². The lowest BCUT2D eigenvalue weighted by Gasteiger charge is -2.23. The van der Waals surface area contributed by atoms with Crippen molar-refractivity contribution in [3.8, 4) is 0 Å². The normalized spacial score (nSPS) is 17.2. The van der Waals surface area contributed by atoms with Crippen molar-refractivity contribution in [3.05, 3.63) is 29.8 Å². The largest absolute Gasteiger partial charge is 0.350 e. The summed E-state index contributed by atoms with van der Waals surface area (Å²) in [5.41, 5.74) is 0.359. The van der Waals surface area contributed by atoms with Crippen LogP contribution >= 0.6 is 0 Å². The first-order chi connectivity index (χ1) is 12.6. The van der Waals surface area contributed by atoms with Gasteiger partial charge in [0.05, 0.1) is 11.9 Å². The molecule has 144 valence electrons. The summed E-state index contributed by atoms with van der Waals surface area (Å²) in [4.78, 5) is 15.3. The van der Waals surface area contributed by atoms with Crippen molar-refractivity contribution in [2.24, 2.45) is 0 Å². The maximum atomic E-state index is 13.8. The molecule has 0 spiro atoms. The third-order valence-corrected chi connectivity index (χ3v) is 4.61. The van der Waals surface area contributed by atoms with Crippen LogP contribution in [-0.2, 0) is 12.0 Å². The molecule has 0 unspecified atom stereocenters. The minimum absolute atomic E-state index is 0.161. The fourth-order valence-electron chi connectivity index (χ4n) is 3.22. The minimum Gasteiger partial charge on any atom is -0.350 e. The SMILES string of the molecule is Cc1noc(Cn2ccc3c(N4CCC(F)(F)C4)nc(C(C)(C)C)nc32)n1. The van der Waals surface area contributed by atoms with Gasteiger partial charge in [0.15, 0.2) is 5.82 Å². The van der Waals surface area contributed by atoms with E-state index in [9.17, 15) is 8.78 Å². The van der Waals surface area contributed by atoms with E-state index in [4.69, 9.17) is 9.51 Å². The van der Waals surface area contributed by atoms with E-state index < -0.39 is 5.92 Å². The van der Waals surface area contributed by atoms with E-state index in [-0.39, 0.29) is 24.9 Å². The molecule has 4 heterocycles. The van der Waals surface area contributed by atoms with Gasteiger partial charge >= 0.3 is 0 Å². The number of nitrogens with zero attached hydrogens (tertiary/aromatic N) is 6. The maximum absolute atomic E-state index is 13.8. The summed E-state index contributed by atoms with van der Waals surface area (Å²) in [6.07, 6.45) is 1.69. The Labute approximate surface area is 155 Å². The Balaban J connectivity index is 1.82. The van der Waals surface area contributed by atoms with E-state index in [0.29, 0.717) is 35.5 Å². The molecule has 0 aliphatic carbocycles. The van der Waals surface area contributed by atoms with E-state index >= 15 is 0 Å². The summed E-state index contributed by atoms with van der Waals surface area (Å²) in [6.45, 7) is 8.09. The Bertz CT molecular complexity index is 988. The number of hydrogen-bond acceptors (Lipinski definition) is 6. The molecule has 1 fully saturated rings. The Kier molecular flexibility index (Phi) is 3.94. The van der Waals surface area contributed by atoms with Crippen LogP contribution in [-0.4, -0.2) is 43.7 Å². The quantitative estimate of drug-likeness (QED) is 0.698. The van der Waals surface area contributed by atoms with Crippen molar-refractivity contribution in [3.63, 3.8) is 0 Å². The van der Waals surface area contributed by atoms with Crippen molar-refractivity contribution in [2.75, 3.05) is 18.0 Å². The maximum Gasteiger partial charge on any atom is 0.266 e. The second kappa shape index (κ2) is 5.97. The zero-order valence-electron chi connectivity index (χ0n) is 15.8. The Morgan fingerprint density at radius 3 is 2.59 bits per heavy atom. The fourth-order valence-corrected chi connectivity index (χ4v) is 3.22. The average molecular weight is 376 g/mol. The molecule has 0 saturated carbocycles. The smallest absolute Gasteiger partial charge is 0.266 e. The van der Waals surface area contributed by atoms with Gasteiger partial charge in [-0.15, -0.1) is 0 Å². The summed E-state index contributed by atoms with van der Waals surface area (Å²) in [7, 11) is 0. The van der Waals surface area contributed by atoms with Crippen molar-refractivity contribution in [1.82, 2.24) is 24.7 Å². The highest BCUT2D eigenvalue weighted by Gasteiger charge is 2.40. The first kappa shape index (κ1) is 17.8. The van der Waals surface area contributed by atoms with E-state index in [1.807, 2.05) is 37.6 Å². The van der Waals surface area contributed by atoms with Gasteiger partial charge in [-0.25, -0.2) is 18.7 Å².